The molecule has 19 heavy (non-hydrogen) atoms. The molecule has 0 saturated carbocycles. The van der Waals surface area contributed by atoms with Crippen LogP contribution in [0.25, 0.3) is 10.8 Å². The first-order valence-corrected chi connectivity index (χ1v) is 6.05. The minimum absolute atomic E-state index is 0.160. The molecule has 0 aliphatic carbocycles. The molecule has 0 heterocycles. The Morgan fingerprint density at radius 3 is 2.47 bits per heavy atom. The Morgan fingerprint density at radius 2 is 1.84 bits per heavy atom. The second-order valence-corrected chi connectivity index (χ2v) is 4.29. The first-order valence-electron chi connectivity index (χ1n) is 6.05. The minimum Gasteiger partial charge on any atom is -0.496 e. The van der Waals surface area contributed by atoms with Crippen molar-refractivity contribution < 1.29 is 14.3 Å². The molecule has 0 aliphatic rings. The van der Waals surface area contributed by atoms with Crippen molar-refractivity contribution in [3.05, 3.63) is 42.0 Å². The Balaban J connectivity index is 2.47. The number of carbonyl (C=O) groups is 1. The van der Waals surface area contributed by atoms with Crippen LogP contribution >= 0.6 is 0 Å². The van der Waals surface area contributed by atoms with E-state index in [0.717, 1.165) is 22.1 Å². The Morgan fingerprint density at radius 1 is 1.16 bits per heavy atom. The molecule has 2 N–H and O–H groups in total. The van der Waals surface area contributed by atoms with Gasteiger partial charge in [-0.05, 0) is 17.0 Å². The smallest absolute Gasteiger partial charge is 0.307 e. The number of fused-ring (bicyclic) bond motifs is 1. The highest BCUT2D eigenvalue weighted by Crippen LogP contribution is 2.31. The zero-order valence-electron chi connectivity index (χ0n) is 11.1. The van der Waals surface area contributed by atoms with Gasteiger partial charge in [0, 0.05) is 11.4 Å². The summed E-state index contributed by atoms with van der Waals surface area (Å²) in [6.45, 7) is 0. The van der Waals surface area contributed by atoms with E-state index in [-0.39, 0.29) is 18.4 Å². The van der Waals surface area contributed by atoms with E-state index in [2.05, 4.69) is 4.74 Å². The highest BCUT2D eigenvalue weighted by atomic mass is 16.5. The number of rotatable bonds is 4. The Kier molecular flexibility index (Phi) is 4.02. The van der Waals surface area contributed by atoms with Crippen molar-refractivity contribution in [2.24, 2.45) is 5.73 Å². The second kappa shape index (κ2) is 5.71. The van der Waals surface area contributed by atoms with Gasteiger partial charge in [-0.3, -0.25) is 4.79 Å². The summed E-state index contributed by atoms with van der Waals surface area (Å²) in [5, 5.41) is 1.99. The number of carbonyl (C=O) groups excluding carboxylic acids is 1. The van der Waals surface area contributed by atoms with Gasteiger partial charge in [0.25, 0.3) is 0 Å². The number of esters is 1. The van der Waals surface area contributed by atoms with Crippen molar-refractivity contribution in [1.82, 2.24) is 0 Å². The lowest BCUT2D eigenvalue weighted by Crippen LogP contribution is -2.16. The van der Waals surface area contributed by atoms with Gasteiger partial charge in [0.1, 0.15) is 5.75 Å². The lowest BCUT2D eigenvalue weighted by atomic mass is 9.97. The van der Waals surface area contributed by atoms with Crippen LogP contribution in [0.1, 0.15) is 18.0 Å². The fraction of sp³-hybridized carbons (Fsp3) is 0.267. The van der Waals surface area contributed by atoms with Crippen LogP contribution in [0.5, 0.6) is 5.75 Å². The fourth-order valence-electron chi connectivity index (χ4n) is 2.17. The van der Waals surface area contributed by atoms with Crippen LogP contribution in [0.2, 0.25) is 0 Å². The maximum absolute atomic E-state index is 11.3. The standard InChI is InChI=1S/C15H17NO3/c1-18-14-8-7-11(13(16)9-15(17)19-2)10-5-3-4-6-12(10)14/h3-8,13H,9,16H2,1-2H3/t13-/m0/s1. The van der Waals surface area contributed by atoms with Gasteiger partial charge in [-0.15, -0.1) is 0 Å². The van der Waals surface area contributed by atoms with Gasteiger partial charge in [-0.2, -0.15) is 0 Å². The molecule has 0 spiro atoms. The quantitative estimate of drug-likeness (QED) is 0.856. The third-order valence-corrected chi connectivity index (χ3v) is 3.15. The molecule has 2 rings (SSSR count). The van der Waals surface area contributed by atoms with Crippen molar-refractivity contribution in [2.75, 3.05) is 14.2 Å². The molecule has 0 unspecified atom stereocenters. The van der Waals surface area contributed by atoms with Crippen molar-refractivity contribution in [3.63, 3.8) is 0 Å². The van der Waals surface area contributed by atoms with Gasteiger partial charge in [-0.25, -0.2) is 0 Å². The van der Waals surface area contributed by atoms with Crippen LogP contribution in [0, 0.1) is 0 Å². The number of nitrogens with two attached hydrogens (primary N) is 1. The SMILES string of the molecule is COC(=O)C[C@H](N)c1ccc(OC)c2ccccc12. The molecule has 0 saturated heterocycles. The zero-order chi connectivity index (χ0) is 13.8. The van der Waals surface area contributed by atoms with E-state index in [1.165, 1.54) is 7.11 Å². The summed E-state index contributed by atoms with van der Waals surface area (Å²) >= 11 is 0. The summed E-state index contributed by atoms with van der Waals surface area (Å²) in [5.74, 6) is 0.483. The molecular weight excluding hydrogens is 242 g/mol. The van der Waals surface area contributed by atoms with Gasteiger partial charge in [0.05, 0.1) is 20.6 Å². The normalized spacial score (nSPS) is 12.2. The Hall–Kier alpha value is -2.07. The monoisotopic (exact) mass is 259 g/mol. The van der Waals surface area contributed by atoms with E-state index in [9.17, 15) is 4.79 Å². The molecule has 0 aromatic heterocycles. The van der Waals surface area contributed by atoms with Crippen LogP contribution in [0.15, 0.2) is 36.4 Å². The van der Waals surface area contributed by atoms with Crippen LogP contribution in [-0.4, -0.2) is 20.2 Å². The molecule has 2 aromatic carbocycles. The molecule has 2 aromatic rings. The van der Waals surface area contributed by atoms with E-state index >= 15 is 0 Å². The predicted molar refractivity (Wildman–Crippen MR) is 74.1 cm³/mol. The lowest BCUT2D eigenvalue weighted by molar-refractivity contribution is -0.141. The highest BCUT2D eigenvalue weighted by Gasteiger charge is 2.15. The van der Waals surface area contributed by atoms with E-state index in [1.807, 2.05) is 36.4 Å². The third kappa shape index (κ3) is 2.69. The molecule has 100 valence electrons. The third-order valence-electron chi connectivity index (χ3n) is 3.15. The predicted octanol–water partition coefficient (Wildman–Crippen LogP) is 2.41. The molecule has 0 radical (unpaired) electrons. The number of methoxy groups -OCH3 is 2. The zero-order valence-corrected chi connectivity index (χ0v) is 11.1. The van der Waals surface area contributed by atoms with Crippen molar-refractivity contribution >= 4 is 16.7 Å². The number of hydrogen-bond donors (Lipinski definition) is 1. The van der Waals surface area contributed by atoms with Gasteiger partial charge in [-0.1, -0.05) is 30.3 Å². The highest BCUT2D eigenvalue weighted by molar-refractivity contribution is 5.91. The summed E-state index contributed by atoms with van der Waals surface area (Å²) in [6, 6.07) is 11.2. The topological polar surface area (TPSA) is 61.5 Å². The Labute approximate surface area is 112 Å². The number of benzene rings is 2. The molecule has 1 atom stereocenters. The summed E-state index contributed by atoms with van der Waals surface area (Å²) in [4.78, 5) is 11.3. The molecular formula is C15H17NO3. The van der Waals surface area contributed by atoms with E-state index in [0.29, 0.717) is 0 Å². The van der Waals surface area contributed by atoms with Gasteiger partial charge < -0.3 is 15.2 Å². The molecule has 4 nitrogen and oxygen atoms in total. The van der Waals surface area contributed by atoms with Crippen LogP contribution < -0.4 is 10.5 Å². The number of hydrogen-bond acceptors (Lipinski definition) is 4. The van der Waals surface area contributed by atoms with Crippen molar-refractivity contribution in [1.29, 1.82) is 0 Å². The maximum Gasteiger partial charge on any atom is 0.307 e. The van der Waals surface area contributed by atoms with Crippen molar-refractivity contribution in [2.45, 2.75) is 12.5 Å². The summed E-state index contributed by atoms with van der Waals surface area (Å²) in [7, 11) is 3.00. The largest absolute Gasteiger partial charge is 0.496 e. The second-order valence-electron chi connectivity index (χ2n) is 4.29. The van der Waals surface area contributed by atoms with Crippen molar-refractivity contribution in [3.8, 4) is 5.75 Å². The van der Waals surface area contributed by atoms with E-state index < -0.39 is 0 Å². The minimum atomic E-state index is -0.386. The molecule has 0 fully saturated rings. The number of ether oxygens (including phenoxy) is 2. The first kappa shape index (κ1) is 13.4. The molecule has 0 bridgehead atoms. The van der Waals surface area contributed by atoms with Crippen LogP contribution in [-0.2, 0) is 9.53 Å². The first-order chi connectivity index (χ1) is 9.17. The Bertz CT molecular complexity index is 595. The van der Waals surface area contributed by atoms with Gasteiger partial charge in [0.15, 0.2) is 0 Å². The lowest BCUT2D eigenvalue weighted by Gasteiger charge is -2.15. The molecule has 4 heteroatoms. The summed E-state index contributed by atoms with van der Waals surface area (Å²) in [6.07, 6.45) is 0.160. The van der Waals surface area contributed by atoms with Crippen LogP contribution in [0.3, 0.4) is 0 Å². The average molecular weight is 259 g/mol. The van der Waals surface area contributed by atoms with Gasteiger partial charge >= 0.3 is 5.97 Å². The van der Waals surface area contributed by atoms with Crippen LogP contribution in [0.4, 0.5) is 0 Å². The fourth-order valence-corrected chi connectivity index (χ4v) is 2.17. The van der Waals surface area contributed by atoms with E-state index in [4.69, 9.17) is 10.5 Å². The van der Waals surface area contributed by atoms with Gasteiger partial charge in [0.2, 0.25) is 0 Å². The molecule has 0 amide bonds. The maximum atomic E-state index is 11.3. The summed E-state index contributed by atoms with van der Waals surface area (Å²) < 4.78 is 9.99. The molecule has 0 aliphatic heterocycles. The average Bonchev–Trinajstić information content (AvgIpc) is 2.45. The summed E-state index contributed by atoms with van der Waals surface area (Å²) in [5.41, 5.74) is 7.01. The van der Waals surface area contributed by atoms with E-state index in [1.54, 1.807) is 7.11 Å².